The van der Waals surface area contributed by atoms with E-state index in [2.05, 4.69) is 31.4 Å². The largest absolute Gasteiger partial charge is 0.493 e. The van der Waals surface area contributed by atoms with E-state index in [0.717, 1.165) is 0 Å². The number of carboxylic acids is 1. The second-order valence-electron chi connectivity index (χ2n) is 4.65. The van der Waals surface area contributed by atoms with Crippen molar-refractivity contribution in [1.29, 1.82) is 0 Å². The van der Waals surface area contributed by atoms with Crippen LogP contribution in [0.3, 0.4) is 0 Å². The lowest BCUT2D eigenvalue weighted by atomic mass is 10.2. The summed E-state index contributed by atoms with van der Waals surface area (Å²) in [5, 5.41) is 12.6. The molecule has 0 aliphatic carbocycles. The number of carbonyl (C=O) groups excluding carboxylic acids is 1. The molecule has 2 N–H and O–H groups in total. The first-order valence-corrected chi connectivity index (χ1v) is 7.76. The molecule has 0 atom stereocenters. The van der Waals surface area contributed by atoms with Crippen LogP contribution in [-0.4, -0.2) is 41.9 Å². The average molecular weight is 408 g/mol. The Morgan fingerprint density at radius 2 is 2.08 bits per heavy atom. The van der Waals surface area contributed by atoms with Crippen LogP contribution in [0.4, 0.5) is 0 Å². The molecule has 0 saturated carbocycles. The van der Waals surface area contributed by atoms with Gasteiger partial charge in [0.1, 0.15) is 0 Å². The maximum absolute atomic E-state index is 11.9. The van der Waals surface area contributed by atoms with Gasteiger partial charge in [0.2, 0.25) is 0 Å². The Kier molecular flexibility index (Phi) is 6.47. The summed E-state index contributed by atoms with van der Waals surface area (Å²) in [6.45, 7) is -0.496. The fourth-order valence-corrected chi connectivity index (χ4v) is 2.40. The molecule has 2 aromatic rings. The lowest BCUT2D eigenvalue weighted by Gasteiger charge is -2.12. The number of amides is 1. The number of aliphatic carboxylic acids is 1. The van der Waals surface area contributed by atoms with E-state index in [1.807, 2.05) is 0 Å². The molecule has 0 radical (unpaired) electrons. The highest BCUT2D eigenvalue weighted by Gasteiger charge is 2.12. The smallest absolute Gasteiger partial charge is 0.341 e. The summed E-state index contributed by atoms with van der Waals surface area (Å²) >= 11 is 3.29. The van der Waals surface area contributed by atoms with Crippen LogP contribution in [0, 0.1) is 0 Å². The van der Waals surface area contributed by atoms with Gasteiger partial charge in [-0.2, -0.15) is 5.10 Å². The van der Waals surface area contributed by atoms with Crippen LogP contribution in [-0.2, 0) is 4.79 Å². The number of nitrogens with zero attached hydrogens (tertiary/aromatic N) is 2. The fraction of sp³-hybridized carbons (Fsp3) is 0.125. The van der Waals surface area contributed by atoms with Crippen molar-refractivity contribution >= 4 is 34.0 Å². The Morgan fingerprint density at radius 1 is 1.36 bits per heavy atom. The zero-order valence-corrected chi connectivity index (χ0v) is 14.7. The molecule has 0 spiro atoms. The first kappa shape index (κ1) is 18.4. The number of benzene rings is 1. The van der Waals surface area contributed by atoms with Crippen molar-refractivity contribution in [3.05, 3.63) is 52.3 Å². The third kappa shape index (κ3) is 5.28. The maximum atomic E-state index is 11.9. The van der Waals surface area contributed by atoms with Gasteiger partial charge in [0.05, 0.1) is 17.8 Å². The van der Waals surface area contributed by atoms with Crippen molar-refractivity contribution in [2.45, 2.75) is 0 Å². The van der Waals surface area contributed by atoms with Gasteiger partial charge in [-0.25, -0.2) is 10.2 Å². The Bertz CT molecular complexity index is 796. The molecule has 0 fully saturated rings. The van der Waals surface area contributed by atoms with E-state index in [9.17, 15) is 9.59 Å². The number of carbonyl (C=O) groups is 2. The zero-order chi connectivity index (χ0) is 18.2. The van der Waals surface area contributed by atoms with Crippen LogP contribution < -0.4 is 14.9 Å². The third-order valence-corrected chi connectivity index (χ3v) is 3.50. The van der Waals surface area contributed by atoms with Gasteiger partial charge in [0.15, 0.2) is 18.1 Å². The number of hydrogen-bond acceptors (Lipinski definition) is 6. The molecule has 25 heavy (non-hydrogen) atoms. The molecular formula is C16H14BrN3O5. The number of halogens is 1. The highest BCUT2D eigenvalue weighted by molar-refractivity contribution is 9.10. The molecule has 1 amide bonds. The van der Waals surface area contributed by atoms with Crippen LogP contribution in [0.5, 0.6) is 11.5 Å². The third-order valence-electron chi connectivity index (χ3n) is 2.91. The number of methoxy groups -OCH3 is 1. The standard InChI is InChI=1S/C16H14BrN3O5/c1-24-13-7-10(6-12(17)15(13)25-9-14(21)22)8-19-20-16(23)11-2-4-18-5-3-11/h2-8H,9H2,1H3,(H,20,23)(H,21,22)/b19-8+. The molecule has 0 unspecified atom stereocenters. The normalized spacial score (nSPS) is 10.5. The molecule has 0 saturated heterocycles. The van der Waals surface area contributed by atoms with Crippen molar-refractivity contribution in [2.75, 3.05) is 13.7 Å². The van der Waals surface area contributed by atoms with E-state index in [1.54, 1.807) is 24.3 Å². The fourth-order valence-electron chi connectivity index (χ4n) is 1.82. The zero-order valence-electron chi connectivity index (χ0n) is 13.1. The Morgan fingerprint density at radius 3 is 2.72 bits per heavy atom. The van der Waals surface area contributed by atoms with Crippen molar-refractivity contribution in [2.24, 2.45) is 5.10 Å². The molecule has 1 aromatic carbocycles. The highest BCUT2D eigenvalue weighted by Crippen LogP contribution is 2.36. The van der Waals surface area contributed by atoms with E-state index in [4.69, 9.17) is 14.6 Å². The van der Waals surface area contributed by atoms with E-state index in [-0.39, 0.29) is 11.7 Å². The molecule has 0 aliphatic heterocycles. The minimum absolute atomic E-state index is 0.267. The first-order valence-electron chi connectivity index (χ1n) is 6.97. The van der Waals surface area contributed by atoms with E-state index in [0.29, 0.717) is 21.3 Å². The molecule has 130 valence electrons. The summed E-state index contributed by atoms with van der Waals surface area (Å²) in [6, 6.07) is 6.39. The summed E-state index contributed by atoms with van der Waals surface area (Å²) in [4.78, 5) is 26.3. The second-order valence-corrected chi connectivity index (χ2v) is 5.51. The van der Waals surface area contributed by atoms with Crippen LogP contribution in [0.1, 0.15) is 15.9 Å². The molecule has 0 bridgehead atoms. The summed E-state index contributed by atoms with van der Waals surface area (Å²) < 4.78 is 10.9. The summed E-state index contributed by atoms with van der Waals surface area (Å²) in [7, 11) is 1.43. The number of nitrogens with one attached hydrogen (secondary N) is 1. The number of ether oxygens (including phenoxy) is 2. The molecule has 0 aliphatic rings. The van der Waals surface area contributed by atoms with Gasteiger partial charge in [0.25, 0.3) is 5.91 Å². The average Bonchev–Trinajstić information content (AvgIpc) is 2.60. The summed E-state index contributed by atoms with van der Waals surface area (Å²) in [6.07, 6.45) is 4.44. The Hall–Kier alpha value is -2.94. The van der Waals surface area contributed by atoms with Crippen LogP contribution in [0.15, 0.2) is 46.2 Å². The van der Waals surface area contributed by atoms with Crippen LogP contribution in [0.2, 0.25) is 0 Å². The number of carboxylic acid groups (broad SMARTS) is 1. The predicted molar refractivity (Wildman–Crippen MR) is 93.1 cm³/mol. The predicted octanol–water partition coefficient (Wildman–Crippen LogP) is 2.08. The molecule has 1 heterocycles. The van der Waals surface area contributed by atoms with E-state index < -0.39 is 12.6 Å². The molecule has 9 heteroatoms. The van der Waals surface area contributed by atoms with Crippen molar-refractivity contribution in [3.63, 3.8) is 0 Å². The van der Waals surface area contributed by atoms with Gasteiger partial charge >= 0.3 is 5.97 Å². The maximum Gasteiger partial charge on any atom is 0.341 e. The number of rotatable bonds is 7. The van der Waals surface area contributed by atoms with Crippen LogP contribution >= 0.6 is 15.9 Å². The topological polar surface area (TPSA) is 110 Å². The van der Waals surface area contributed by atoms with Gasteiger partial charge in [-0.05, 0) is 45.8 Å². The van der Waals surface area contributed by atoms with Crippen molar-refractivity contribution in [1.82, 2.24) is 10.4 Å². The highest BCUT2D eigenvalue weighted by atomic mass is 79.9. The SMILES string of the molecule is COc1cc(/C=N/NC(=O)c2ccncc2)cc(Br)c1OCC(=O)O. The van der Waals surface area contributed by atoms with Crippen molar-refractivity contribution in [3.8, 4) is 11.5 Å². The van der Waals surface area contributed by atoms with E-state index in [1.165, 1.54) is 25.7 Å². The Labute approximate surface area is 151 Å². The lowest BCUT2D eigenvalue weighted by molar-refractivity contribution is -0.139. The quantitative estimate of drug-likeness (QED) is 0.536. The van der Waals surface area contributed by atoms with Gasteiger partial charge in [0, 0.05) is 18.0 Å². The number of pyridine rings is 1. The monoisotopic (exact) mass is 407 g/mol. The number of aromatic nitrogens is 1. The minimum Gasteiger partial charge on any atom is -0.493 e. The lowest BCUT2D eigenvalue weighted by Crippen LogP contribution is -2.17. The van der Waals surface area contributed by atoms with Gasteiger partial charge in [-0.1, -0.05) is 0 Å². The second kappa shape index (κ2) is 8.78. The number of hydrogen-bond donors (Lipinski definition) is 2. The van der Waals surface area contributed by atoms with Crippen molar-refractivity contribution < 1.29 is 24.2 Å². The van der Waals surface area contributed by atoms with Crippen LogP contribution in [0.25, 0.3) is 0 Å². The van der Waals surface area contributed by atoms with E-state index >= 15 is 0 Å². The molecule has 8 nitrogen and oxygen atoms in total. The molecular weight excluding hydrogens is 394 g/mol. The minimum atomic E-state index is -1.10. The molecule has 1 aromatic heterocycles. The van der Waals surface area contributed by atoms with Gasteiger partial charge < -0.3 is 14.6 Å². The Balaban J connectivity index is 2.10. The molecule has 2 rings (SSSR count). The first-order chi connectivity index (χ1) is 12.0. The number of hydrazone groups is 1. The van der Waals surface area contributed by atoms with Gasteiger partial charge in [-0.15, -0.1) is 0 Å². The van der Waals surface area contributed by atoms with Gasteiger partial charge in [-0.3, -0.25) is 9.78 Å². The summed E-state index contributed by atoms with van der Waals surface area (Å²) in [5.74, 6) is -0.870. The summed E-state index contributed by atoms with van der Waals surface area (Å²) in [5.41, 5.74) is 3.44.